The molecule has 2 rings (SSSR count). The smallest absolute Gasteiger partial charge is 0.131 e. The quantitative estimate of drug-likeness (QED) is 0.878. The summed E-state index contributed by atoms with van der Waals surface area (Å²) in [5.74, 6) is -1.04. The maximum Gasteiger partial charge on any atom is 0.131 e. The zero-order valence-electron chi connectivity index (χ0n) is 11.1. The molecule has 0 bridgehead atoms. The van der Waals surface area contributed by atoms with Crippen LogP contribution in [0.4, 0.5) is 8.78 Å². The third-order valence-corrected chi connectivity index (χ3v) is 3.20. The molecule has 3 heteroatoms. The Balaban J connectivity index is 2.55. The fraction of sp³-hybridized carbons (Fsp3) is 0.250. The normalized spacial score (nSPS) is 12.4. The molecule has 1 nitrogen and oxygen atoms in total. The minimum atomic E-state index is -0.519. The topological polar surface area (TPSA) is 12.0 Å². The molecule has 100 valence electrons. The maximum atomic E-state index is 14.0. The highest BCUT2D eigenvalue weighted by molar-refractivity contribution is 5.38. The molecular weight excluding hydrogens is 244 g/mol. The third-order valence-electron chi connectivity index (χ3n) is 3.20. The molecule has 1 N–H and O–H groups in total. The first kappa shape index (κ1) is 13.7. The first-order chi connectivity index (χ1) is 9.15. The minimum Gasteiger partial charge on any atom is -0.306 e. The molecule has 0 saturated carbocycles. The van der Waals surface area contributed by atoms with Gasteiger partial charge in [-0.25, -0.2) is 8.78 Å². The number of benzene rings is 2. The van der Waals surface area contributed by atoms with Crippen LogP contribution >= 0.6 is 0 Å². The number of aryl methyl sites for hydroxylation is 1. The number of hydrogen-bond acceptors (Lipinski definition) is 1. The van der Waals surface area contributed by atoms with E-state index in [1.165, 1.54) is 18.2 Å². The zero-order chi connectivity index (χ0) is 13.8. The molecule has 0 aliphatic heterocycles. The maximum absolute atomic E-state index is 14.0. The molecule has 0 heterocycles. The standard InChI is InChI=1S/C16H17F2N/c1-3-19-16(12-8-5-4-7-11(12)2)15-13(17)9-6-10-14(15)18/h4-10,16,19H,3H2,1-2H3. The fourth-order valence-electron chi connectivity index (χ4n) is 2.27. The Morgan fingerprint density at radius 1 is 1.00 bits per heavy atom. The van der Waals surface area contributed by atoms with Crippen LogP contribution in [0.25, 0.3) is 0 Å². The van der Waals surface area contributed by atoms with Crippen molar-refractivity contribution in [1.29, 1.82) is 0 Å². The van der Waals surface area contributed by atoms with Crippen molar-refractivity contribution in [2.75, 3.05) is 6.54 Å². The molecule has 0 aliphatic rings. The van der Waals surface area contributed by atoms with Crippen LogP contribution in [0.5, 0.6) is 0 Å². The zero-order valence-corrected chi connectivity index (χ0v) is 11.1. The molecule has 2 aromatic rings. The second kappa shape index (κ2) is 5.93. The van der Waals surface area contributed by atoms with Gasteiger partial charge in [-0.05, 0) is 36.7 Å². The van der Waals surface area contributed by atoms with Crippen molar-refractivity contribution in [3.8, 4) is 0 Å². The average Bonchev–Trinajstić information content (AvgIpc) is 2.38. The number of halogens is 2. The van der Waals surface area contributed by atoms with Gasteiger partial charge in [-0.1, -0.05) is 37.3 Å². The highest BCUT2D eigenvalue weighted by Gasteiger charge is 2.22. The van der Waals surface area contributed by atoms with Gasteiger partial charge in [0.15, 0.2) is 0 Å². The van der Waals surface area contributed by atoms with Gasteiger partial charge in [0.1, 0.15) is 11.6 Å². The third kappa shape index (κ3) is 2.82. The Kier molecular flexibility index (Phi) is 4.27. The lowest BCUT2D eigenvalue weighted by Gasteiger charge is -2.21. The van der Waals surface area contributed by atoms with Crippen molar-refractivity contribution in [2.45, 2.75) is 19.9 Å². The van der Waals surface area contributed by atoms with Gasteiger partial charge >= 0.3 is 0 Å². The number of nitrogens with one attached hydrogen (secondary N) is 1. The van der Waals surface area contributed by atoms with E-state index < -0.39 is 17.7 Å². The predicted molar refractivity (Wildman–Crippen MR) is 73.1 cm³/mol. The number of rotatable bonds is 4. The van der Waals surface area contributed by atoms with Gasteiger partial charge in [-0.3, -0.25) is 0 Å². The van der Waals surface area contributed by atoms with Crippen molar-refractivity contribution in [1.82, 2.24) is 5.32 Å². The van der Waals surface area contributed by atoms with Crippen LogP contribution in [-0.4, -0.2) is 6.54 Å². The van der Waals surface area contributed by atoms with Crippen molar-refractivity contribution in [3.05, 3.63) is 70.8 Å². The second-order valence-electron chi connectivity index (χ2n) is 4.48. The molecule has 0 radical (unpaired) electrons. The van der Waals surface area contributed by atoms with Gasteiger partial charge in [-0.2, -0.15) is 0 Å². The molecule has 1 unspecified atom stereocenters. The summed E-state index contributed by atoms with van der Waals surface area (Å²) in [7, 11) is 0. The van der Waals surface area contributed by atoms with Crippen molar-refractivity contribution < 1.29 is 8.78 Å². The van der Waals surface area contributed by atoms with E-state index in [1.54, 1.807) is 0 Å². The van der Waals surface area contributed by atoms with Crippen molar-refractivity contribution >= 4 is 0 Å². The predicted octanol–water partition coefficient (Wildman–Crippen LogP) is 3.97. The fourth-order valence-corrected chi connectivity index (χ4v) is 2.27. The van der Waals surface area contributed by atoms with Gasteiger partial charge in [0.05, 0.1) is 6.04 Å². The Morgan fingerprint density at radius 2 is 1.63 bits per heavy atom. The summed E-state index contributed by atoms with van der Waals surface area (Å²) in [5, 5.41) is 3.16. The summed E-state index contributed by atoms with van der Waals surface area (Å²) >= 11 is 0. The van der Waals surface area contributed by atoms with E-state index in [-0.39, 0.29) is 5.56 Å². The highest BCUT2D eigenvalue weighted by atomic mass is 19.1. The van der Waals surface area contributed by atoms with Crippen molar-refractivity contribution in [2.24, 2.45) is 0 Å². The van der Waals surface area contributed by atoms with E-state index in [1.807, 2.05) is 38.1 Å². The Hall–Kier alpha value is -1.74. The first-order valence-corrected chi connectivity index (χ1v) is 6.38. The second-order valence-corrected chi connectivity index (χ2v) is 4.48. The summed E-state index contributed by atoms with van der Waals surface area (Å²) in [6.45, 7) is 4.50. The van der Waals surface area contributed by atoms with Gasteiger partial charge in [-0.15, -0.1) is 0 Å². The highest BCUT2D eigenvalue weighted by Crippen LogP contribution is 2.28. The Bertz CT molecular complexity index is 546. The lowest BCUT2D eigenvalue weighted by atomic mass is 9.94. The van der Waals surface area contributed by atoms with E-state index in [0.29, 0.717) is 6.54 Å². The van der Waals surface area contributed by atoms with Gasteiger partial charge < -0.3 is 5.32 Å². The molecule has 0 fully saturated rings. The molecular formula is C16H17F2N. The largest absolute Gasteiger partial charge is 0.306 e. The summed E-state index contributed by atoms with van der Waals surface area (Å²) in [6.07, 6.45) is 0. The molecule has 0 saturated heterocycles. The van der Waals surface area contributed by atoms with Gasteiger partial charge in [0, 0.05) is 5.56 Å². The van der Waals surface area contributed by atoms with E-state index >= 15 is 0 Å². The number of hydrogen-bond donors (Lipinski definition) is 1. The van der Waals surface area contributed by atoms with E-state index in [4.69, 9.17) is 0 Å². The molecule has 0 spiro atoms. The summed E-state index contributed by atoms with van der Waals surface area (Å²) < 4.78 is 27.9. The molecule has 2 aromatic carbocycles. The Labute approximate surface area is 112 Å². The van der Waals surface area contributed by atoms with Gasteiger partial charge in [0.2, 0.25) is 0 Å². The minimum absolute atomic E-state index is 0.0821. The van der Waals surface area contributed by atoms with Crippen LogP contribution in [0.1, 0.15) is 29.7 Å². The monoisotopic (exact) mass is 261 g/mol. The first-order valence-electron chi connectivity index (χ1n) is 6.38. The molecule has 1 atom stereocenters. The van der Waals surface area contributed by atoms with Crippen LogP contribution in [0.2, 0.25) is 0 Å². The van der Waals surface area contributed by atoms with Crippen LogP contribution < -0.4 is 5.32 Å². The van der Waals surface area contributed by atoms with E-state index in [9.17, 15) is 8.78 Å². The summed E-state index contributed by atoms with van der Waals surface area (Å²) in [4.78, 5) is 0. The van der Waals surface area contributed by atoms with Crippen molar-refractivity contribution in [3.63, 3.8) is 0 Å². The van der Waals surface area contributed by atoms with Crippen LogP contribution in [0.3, 0.4) is 0 Å². The Morgan fingerprint density at radius 3 is 2.21 bits per heavy atom. The van der Waals surface area contributed by atoms with Gasteiger partial charge in [0.25, 0.3) is 0 Å². The molecule has 0 aromatic heterocycles. The molecule has 0 amide bonds. The van der Waals surface area contributed by atoms with Crippen LogP contribution in [0, 0.1) is 18.6 Å². The molecule has 19 heavy (non-hydrogen) atoms. The van der Waals surface area contributed by atoms with E-state index in [2.05, 4.69) is 5.32 Å². The molecule has 0 aliphatic carbocycles. The van der Waals surface area contributed by atoms with Crippen LogP contribution in [-0.2, 0) is 0 Å². The lowest BCUT2D eigenvalue weighted by Crippen LogP contribution is -2.24. The van der Waals surface area contributed by atoms with E-state index in [0.717, 1.165) is 11.1 Å². The summed E-state index contributed by atoms with van der Waals surface area (Å²) in [5.41, 5.74) is 1.99. The average molecular weight is 261 g/mol. The SMILES string of the molecule is CCNC(c1ccccc1C)c1c(F)cccc1F. The lowest BCUT2D eigenvalue weighted by molar-refractivity contribution is 0.509. The summed E-state index contributed by atoms with van der Waals surface area (Å²) in [6, 6.07) is 11.1. The van der Waals surface area contributed by atoms with Crippen LogP contribution in [0.15, 0.2) is 42.5 Å².